The molecule has 2 heterocycles. The summed E-state index contributed by atoms with van der Waals surface area (Å²) in [4.78, 5) is 26.7. The van der Waals surface area contributed by atoms with E-state index in [9.17, 15) is 25.2 Å². The van der Waals surface area contributed by atoms with Gasteiger partial charge in [-0.1, -0.05) is 40.7 Å². The maximum absolute atomic E-state index is 13.2. The van der Waals surface area contributed by atoms with Crippen molar-refractivity contribution in [2.75, 3.05) is 13.2 Å². The van der Waals surface area contributed by atoms with E-state index in [1.165, 1.54) is 17.2 Å². The molecule has 0 aromatic carbocycles. The average Bonchev–Trinajstić information content (AvgIpc) is 2.68. The molecule has 0 aliphatic carbocycles. The predicted molar refractivity (Wildman–Crippen MR) is 107 cm³/mol. The highest BCUT2D eigenvalue weighted by atomic mass is 16.5. The van der Waals surface area contributed by atoms with Crippen molar-refractivity contribution < 1.29 is 24.2 Å². The van der Waals surface area contributed by atoms with Crippen molar-refractivity contribution in [3.05, 3.63) is 47.0 Å². The maximum Gasteiger partial charge on any atom is 0.340 e. The van der Waals surface area contributed by atoms with Crippen molar-refractivity contribution >= 4 is 11.9 Å². The first-order valence-corrected chi connectivity index (χ1v) is 9.48. The van der Waals surface area contributed by atoms with Gasteiger partial charge in [-0.15, -0.1) is 0 Å². The summed E-state index contributed by atoms with van der Waals surface area (Å²) in [6.07, 6.45) is 6.19. The number of carboxylic acids is 1. The molecule has 158 valence electrons. The van der Waals surface area contributed by atoms with Crippen LogP contribution in [0, 0.1) is 34.0 Å². The third kappa shape index (κ3) is 4.29. The Morgan fingerprint density at radius 3 is 2.40 bits per heavy atom. The van der Waals surface area contributed by atoms with E-state index in [1.807, 2.05) is 46.8 Å². The largest absolute Gasteiger partial charge is 0.478 e. The highest BCUT2D eigenvalue weighted by molar-refractivity contribution is 6.02. The first kappa shape index (κ1) is 22.9. The molecule has 1 unspecified atom stereocenters. The molecule has 0 spiro atoms. The van der Waals surface area contributed by atoms with Gasteiger partial charge < -0.3 is 19.5 Å². The van der Waals surface area contributed by atoms with Crippen LogP contribution in [0.3, 0.4) is 0 Å². The van der Waals surface area contributed by atoms with E-state index in [1.54, 1.807) is 12.2 Å². The number of rotatable bonds is 6. The Hall–Kier alpha value is -3.36. The van der Waals surface area contributed by atoms with E-state index in [-0.39, 0.29) is 41.5 Å². The second kappa shape index (κ2) is 8.56. The van der Waals surface area contributed by atoms with Gasteiger partial charge in [0.25, 0.3) is 0 Å². The molecule has 2 aliphatic rings. The number of esters is 1. The van der Waals surface area contributed by atoms with Crippen molar-refractivity contribution in [1.29, 1.82) is 10.5 Å². The van der Waals surface area contributed by atoms with Crippen LogP contribution in [0.5, 0.6) is 0 Å². The maximum atomic E-state index is 13.2. The molecule has 0 radical (unpaired) electrons. The Labute approximate surface area is 176 Å². The SMILES string of the molecule is CC(C)COC1(C#N)C(C(=O)O)=C(C#N)N2C=CC=CC2=C1C(=O)OCC(C)(C)C. The third-order valence-electron chi connectivity index (χ3n) is 4.25. The molecule has 1 atom stereocenters. The zero-order valence-corrected chi connectivity index (χ0v) is 17.7. The number of carboxylic acid groups (broad SMARTS) is 1. The van der Waals surface area contributed by atoms with Crippen LogP contribution in [0.1, 0.15) is 34.6 Å². The molecule has 8 nitrogen and oxygen atoms in total. The van der Waals surface area contributed by atoms with Gasteiger partial charge in [-0.2, -0.15) is 10.5 Å². The number of carbonyl (C=O) groups is 2. The molecule has 8 heteroatoms. The molecule has 0 saturated heterocycles. The number of allylic oxidation sites excluding steroid dienone is 4. The molecular formula is C22H25N3O5. The summed E-state index contributed by atoms with van der Waals surface area (Å²) >= 11 is 0. The van der Waals surface area contributed by atoms with Crippen LogP contribution in [0.15, 0.2) is 47.0 Å². The normalized spacial score (nSPS) is 20.7. The quantitative estimate of drug-likeness (QED) is 0.662. The molecule has 30 heavy (non-hydrogen) atoms. The van der Waals surface area contributed by atoms with Crippen molar-refractivity contribution in [2.24, 2.45) is 11.3 Å². The number of nitrogens with zero attached hydrogens (tertiary/aromatic N) is 3. The van der Waals surface area contributed by atoms with Crippen LogP contribution in [0.25, 0.3) is 0 Å². The minimum absolute atomic E-state index is 0.00800. The van der Waals surface area contributed by atoms with Gasteiger partial charge in [0.2, 0.25) is 5.60 Å². The summed E-state index contributed by atoms with van der Waals surface area (Å²) in [5.74, 6) is -2.46. The minimum atomic E-state index is -2.29. The molecule has 0 saturated carbocycles. The molecule has 2 rings (SSSR count). The Kier molecular flexibility index (Phi) is 6.54. The molecule has 0 fully saturated rings. The number of ether oxygens (including phenoxy) is 2. The lowest BCUT2D eigenvalue weighted by Crippen LogP contribution is -2.49. The smallest absolute Gasteiger partial charge is 0.340 e. The van der Waals surface area contributed by atoms with E-state index >= 15 is 0 Å². The Balaban J connectivity index is 2.79. The van der Waals surface area contributed by atoms with Gasteiger partial charge in [0.15, 0.2) is 0 Å². The third-order valence-corrected chi connectivity index (χ3v) is 4.25. The molecule has 0 amide bonds. The molecule has 0 aromatic heterocycles. The fourth-order valence-corrected chi connectivity index (χ4v) is 2.98. The second-order valence-electron chi connectivity index (χ2n) is 8.61. The average molecular weight is 411 g/mol. The van der Waals surface area contributed by atoms with E-state index in [0.29, 0.717) is 0 Å². The fraction of sp³-hybridized carbons (Fsp3) is 0.455. The lowest BCUT2D eigenvalue weighted by atomic mass is 9.80. The summed E-state index contributed by atoms with van der Waals surface area (Å²) in [6.45, 7) is 9.30. The Bertz CT molecular complexity index is 951. The van der Waals surface area contributed by atoms with Gasteiger partial charge in [-0.3, -0.25) is 0 Å². The summed E-state index contributed by atoms with van der Waals surface area (Å²) in [5.41, 5.74) is -3.64. The minimum Gasteiger partial charge on any atom is -0.478 e. The van der Waals surface area contributed by atoms with Crippen LogP contribution < -0.4 is 0 Å². The van der Waals surface area contributed by atoms with Gasteiger partial charge in [0.1, 0.15) is 29.0 Å². The summed E-state index contributed by atoms with van der Waals surface area (Å²) in [6, 6.07) is 3.72. The zero-order valence-electron chi connectivity index (χ0n) is 17.7. The molecular weight excluding hydrogens is 386 g/mol. The van der Waals surface area contributed by atoms with Crippen molar-refractivity contribution in [2.45, 2.75) is 40.2 Å². The second-order valence-corrected chi connectivity index (χ2v) is 8.61. The Morgan fingerprint density at radius 2 is 1.90 bits per heavy atom. The highest BCUT2D eigenvalue weighted by Gasteiger charge is 2.55. The number of carbonyl (C=O) groups excluding carboxylic acids is 1. The number of aliphatic carboxylic acids is 1. The van der Waals surface area contributed by atoms with Crippen LogP contribution >= 0.6 is 0 Å². The van der Waals surface area contributed by atoms with Crippen molar-refractivity contribution in [3.63, 3.8) is 0 Å². The number of hydrogen-bond donors (Lipinski definition) is 1. The first-order valence-electron chi connectivity index (χ1n) is 9.48. The van der Waals surface area contributed by atoms with Crippen molar-refractivity contribution in [3.8, 4) is 12.1 Å². The van der Waals surface area contributed by atoms with Crippen LogP contribution in [-0.4, -0.2) is 40.8 Å². The number of nitriles is 2. The van der Waals surface area contributed by atoms with E-state index < -0.39 is 23.1 Å². The molecule has 1 N–H and O–H groups in total. The summed E-state index contributed by atoms with van der Waals surface area (Å²) in [7, 11) is 0. The molecule has 2 aliphatic heterocycles. The van der Waals surface area contributed by atoms with Gasteiger partial charge in [-0.25, -0.2) is 9.59 Å². The van der Waals surface area contributed by atoms with E-state index in [4.69, 9.17) is 9.47 Å². The van der Waals surface area contributed by atoms with Gasteiger partial charge in [0, 0.05) is 6.20 Å². The standard InChI is InChI=1S/C22H25N3O5/c1-14(2)11-30-22(12-24)17(19(26)27)16(10-23)25-9-7-6-8-15(25)18(22)20(28)29-13-21(3,4)5/h6-9,14H,11,13H2,1-5H3,(H,26,27). The lowest BCUT2D eigenvalue weighted by Gasteiger charge is -2.39. The van der Waals surface area contributed by atoms with Gasteiger partial charge in [-0.05, 0) is 23.5 Å². The van der Waals surface area contributed by atoms with Crippen LogP contribution in [-0.2, 0) is 19.1 Å². The molecule has 0 bridgehead atoms. The summed E-state index contributed by atoms with van der Waals surface area (Å²) < 4.78 is 11.3. The highest BCUT2D eigenvalue weighted by Crippen LogP contribution is 2.43. The van der Waals surface area contributed by atoms with Crippen LogP contribution in [0.2, 0.25) is 0 Å². The number of fused-ring (bicyclic) bond motifs is 1. The predicted octanol–water partition coefficient (Wildman–Crippen LogP) is 3.03. The zero-order chi connectivity index (χ0) is 22.7. The van der Waals surface area contributed by atoms with E-state index in [2.05, 4.69) is 0 Å². The first-order chi connectivity index (χ1) is 14.0. The van der Waals surface area contributed by atoms with Crippen LogP contribution in [0.4, 0.5) is 0 Å². The van der Waals surface area contributed by atoms with E-state index in [0.717, 1.165) is 0 Å². The van der Waals surface area contributed by atoms with Gasteiger partial charge >= 0.3 is 11.9 Å². The van der Waals surface area contributed by atoms with Crippen molar-refractivity contribution in [1.82, 2.24) is 4.90 Å². The number of hydrogen-bond acceptors (Lipinski definition) is 7. The Morgan fingerprint density at radius 1 is 1.23 bits per heavy atom. The topological polar surface area (TPSA) is 124 Å². The monoisotopic (exact) mass is 411 g/mol. The fourth-order valence-electron chi connectivity index (χ4n) is 2.98. The van der Waals surface area contributed by atoms with Gasteiger partial charge in [0.05, 0.1) is 18.9 Å². The summed E-state index contributed by atoms with van der Waals surface area (Å²) in [5, 5.41) is 29.8. The lowest BCUT2D eigenvalue weighted by molar-refractivity contribution is -0.145. The molecule has 0 aromatic rings.